The average Bonchev–Trinajstić information content (AvgIpc) is 2.97. The Kier molecular flexibility index (Phi) is 4.24. The number of nitrogens with zero attached hydrogens (tertiary/aromatic N) is 1. The molecule has 0 spiro atoms. The van der Waals surface area contributed by atoms with Gasteiger partial charge in [-0.05, 0) is 18.7 Å². The first-order valence-electron chi connectivity index (χ1n) is 7.55. The van der Waals surface area contributed by atoms with Crippen molar-refractivity contribution in [3.63, 3.8) is 0 Å². The second-order valence-electron chi connectivity index (χ2n) is 6.54. The molecular weight excluding hydrogens is 316 g/mol. The van der Waals surface area contributed by atoms with E-state index in [-0.39, 0.29) is 12.1 Å². The summed E-state index contributed by atoms with van der Waals surface area (Å²) in [7, 11) is 0.460. The van der Waals surface area contributed by atoms with Crippen LogP contribution in [0, 0.1) is 0 Å². The summed E-state index contributed by atoms with van der Waals surface area (Å²) in [6.45, 7) is 4.78. The fraction of sp³-hybridized carbons (Fsp3) is 0.571. The second-order valence-corrected chi connectivity index (χ2v) is 12.7. The Labute approximate surface area is 134 Å². The molecule has 0 bridgehead atoms. The van der Waals surface area contributed by atoms with Crippen molar-refractivity contribution in [2.24, 2.45) is 0 Å². The van der Waals surface area contributed by atoms with Gasteiger partial charge in [0.15, 0.2) is 5.65 Å². The number of fused-ring (bicyclic) bond motifs is 1. The highest BCUT2D eigenvalue weighted by Crippen LogP contribution is 2.27. The van der Waals surface area contributed by atoms with E-state index in [1.165, 1.54) is 23.8 Å². The minimum absolute atomic E-state index is 0.0607. The first-order valence-corrected chi connectivity index (χ1v) is 11.8. The van der Waals surface area contributed by atoms with Crippen LogP contribution in [0.5, 0.6) is 5.19 Å². The van der Waals surface area contributed by atoms with Crippen molar-refractivity contribution in [1.82, 2.24) is 20.6 Å². The molecule has 1 aliphatic rings. The number of nitrogens with one attached hydrogen (secondary N) is 3. The molecule has 0 aromatic carbocycles. The largest absolute Gasteiger partial charge is 0.473 e. The standard InChI is InChI=1S/C14H22N4O2SSi/c1-20-14-18-12-10(21-14)7-9(16-12)13(19)17-11-5-4-6-22(2,3)8-15-11/h7,11,15-16H,4-6,8H2,1-3H3,(H,17,19)/t11-/m0/s1. The van der Waals surface area contributed by atoms with E-state index in [2.05, 4.69) is 33.7 Å². The Hall–Kier alpha value is -1.38. The van der Waals surface area contributed by atoms with Gasteiger partial charge in [0.25, 0.3) is 11.1 Å². The third kappa shape index (κ3) is 3.34. The normalized spacial score (nSPS) is 21.5. The number of H-pyrrole nitrogens is 1. The van der Waals surface area contributed by atoms with Gasteiger partial charge in [0.05, 0.1) is 26.0 Å². The summed E-state index contributed by atoms with van der Waals surface area (Å²) in [5, 5.41) is 7.18. The van der Waals surface area contributed by atoms with E-state index in [1.54, 1.807) is 7.11 Å². The quantitative estimate of drug-likeness (QED) is 0.751. The molecule has 0 radical (unpaired) electrons. The highest BCUT2D eigenvalue weighted by atomic mass is 32.1. The molecule has 0 unspecified atom stereocenters. The molecule has 8 heteroatoms. The summed E-state index contributed by atoms with van der Waals surface area (Å²) in [6.07, 6.45) is 3.28. The molecule has 1 aliphatic heterocycles. The SMILES string of the molecule is COc1nc2[nH]c(C(=O)N[C@H]3CCC[Si](C)(C)CN3)cc2s1. The zero-order valence-electron chi connectivity index (χ0n) is 13.2. The summed E-state index contributed by atoms with van der Waals surface area (Å²) in [6, 6.07) is 3.15. The maximum atomic E-state index is 12.4. The molecule has 1 saturated heterocycles. The molecule has 1 atom stereocenters. The average molecular weight is 339 g/mol. The van der Waals surface area contributed by atoms with Gasteiger partial charge in [-0.25, -0.2) is 0 Å². The van der Waals surface area contributed by atoms with Crippen LogP contribution in [0.2, 0.25) is 19.1 Å². The minimum Gasteiger partial charge on any atom is -0.473 e. The van der Waals surface area contributed by atoms with Crippen LogP contribution in [0.25, 0.3) is 10.3 Å². The third-order valence-electron chi connectivity index (χ3n) is 4.06. The minimum atomic E-state index is -1.13. The molecule has 2 aromatic rings. The number of hydrogen-bond donors (Lipinski definition) is 3. The number of aromatic nitrogens is 2. The molecule has 0 aliphatic carbocycles. The maximum Gasteiger partial charge on any atom is 0.275 e. The molecule has 120 valence electrons. The molecular formula is C14H22N4O2SSi. The number of carbonyl (C=O) groups excluding carboxylic acids is 1. The predicted molar refractivity (Wildman–Crippen MR) is 91.3 cm³/mol. The first kappa shape index (κ1) is 15.5. The van der Waals surface area contributed by atoms with Crippen molar-refractivity contribution in [2.75, 3.05) is 13.3 Å². The van der Waals surface area contributed by atoms with Gasteiger partial charge >= 0.3 is 0 Å². The van der Waals surface area contributed by atoms with Crippen molar-refractivity contribution < 1.29 is 9.53 Å². The number of amides is 1. The number of methoxy groups -OCH3 is 1. The van der Waals surface area contributed by atoms with Crippen molar-refractivity contribution in [1.29, 1.82) is 0 Å². The molecule has 1 amide bonds. The summed E-state index contributed by atoms with van der Waals surface area (Å²) in [4.78, 5) is 19.7. The monoisotopic (exact) mass is 338 g/mol. The van der Waals surface area contributed by atoms with E-state index in [4.69, 9.17) is 4.74 Å². The topological polar surface area (TPSA) is 79.0 Å². The fourth-order valence-electron chi connectivity index (χ4n) is 2.74. The van der Waals surface area contributed by atoms with Crippen LogP contribution in [0.4, 0.5) is 0 Å². The first-order chi connectivity index (χ1) is 10.5. The van der Waals surface area contributed by atoms with E-state index < -0.39 is 8.07 Å². The number of hydrogen-bond acceptors (Lipinski definition) is 5. The number of rotatable bonds is 3. The zero-order chi connectivity index (χ0) is 15.7. The molecule has 22 heavy (non-hydrogen) atoms. The van der Waals surface area contributed by atoms with Crippen molar-refractivity contribution in [3.05, 3.63) is 11.8 Å². The van der Waals surface area contributed by atoms with Gasteiger partial charge < -0.3 is 20.4 Å². The predicted octanol–water partition coefficient (Wildman–Crippen LogP) is 2.32. The molecule has 3 N–H and O–H groups in total. The number of thiazole rings is 1. The van der Waals surface area contributed by atoms with Crippen LogP contribution < -0.4 is 15.4 Å². The molecule has 3 heterocycles. The number of carbonyl (C=O) groups is 1. The Bertz CT molecular complexity index is 650. The van der Waals surface area contributed by atoms with E-state index in [9.17, 15) is 4.79 Å². The Morgan fingerprint density at radius 2 is 2.36 bits per heavy atom. The van der Waals surface area contributed by atoms with Gasteiger partial charge in [-0.2, -0.15) is 4.98 Å². The molecule has 6 nitrogen and oxygen atoms in total. The molecule has 1 fully saturated rings. The van der Waals surface area contributed by atoms with Crippen LogP contribution in [-0.2, 0) is 0 Å². The van der Waals surface area contributed by atoms with Gasteiger partial charge in [-0.3, -0.25) is 4.79 Å². The van der Waals surface area contributed by atoms with Gasteiger partial charge in [0, 0.05) is 0 Å². The highest BCUT2D eigenvalue weighted by molar-refractivity contribution is 7.20. The van der Waals surface area contributed by atoms with Crippen LogP contribution in [0.15, 0.2) is 6.07 Å². The van der Waals surface area contributed by atoms with Gasteiger partial charge in [0.2, 0.25) is 0 Å². The Morgan fingerprint density at radius 1 is 1.55 bits per heavy atom. The van der Waals surface area contributed by atoms with Gasteiger partial charge in [0.1, 0.15) is 5.69 Å². The van der Waals surface area contributed by atoms with Gasteiger partial charge in [-0.1, -0.05) is 36.9 Å². The van der Waals surface area contributed by atoms with E-state index in [0.29, 0.717) is 16.5 Å². The summed E-state index contributed by atoms with van der Waals surface area (Å²) < 4.78 is 6.03. The molecule has 3 rings (SSSR count). The lowest BCUT2D eigenvalue weighted by atomic mass is 10.2. The number of ether oxygens (including phenoxy) is 1. The summed E-state index contributed by atoms with van der Waals surface area (Å²) in [5.74, 6) is -0.0805. The third-order valence-corrected chi connectivity index (χ3v) is 7.89. The smallest absolute Gasteiger partial charge is 0.275 e. The lowest BCUT2D eigenvalue weighted by molar-refractivity contribution is 0.0924. The van der Waals surface area contributed by atoms with E-state index >= 15 is 0 Å². The zero-order valence-corrected chi connectivity index (χ0v) is 15.0. The van der Waals surface area contributed by atoms with E-state index in [0.717, 1.165) is 17.3 Å². The Balaban J connectivity index is 1.66. The molecule has 2 aromatic heterocycles. The lowest BCUT2D eigenvalue weighted by Crippen LogP contribution is -2.49. The van der Waals surface area contributed by atoms with Crippen molar-refractivity contribution >= 4 is 35.7 Å². The van der Waals surface area contributed by atoms with Crippen LogP contribution in [0.3, 0.4) is 0 Å². The maximum absolute atomic E-state index is 12.4. The summed E-state index contributed by atoms with van der Waals surface area (Å²) in [5.41, 5.74) is 1.26. The van der Waals surface area contributed by atoms with Crippen LogP contribution in [0.1, 0.15) is 23.3 Å². The highest BCUT2D eigenvalue weighted by Gasteiger charge is 2.26. The second kappa shape index (κ2) is 6.02. The fourth-order valence-corrected chi connectivity index (χ4v) is 5.65. The van der Waals surface area contributed by atoms with Crippen molar-refractivity contribution in [3.8, 4) is 5.19 Å². The lowest BCUT2D eigenvalue weighted by Gasteiger charge is -2.21. The summed E-state index contributed by atoms with van der Waals surface area (Å²) >= 11 is 1.43. The van der Waals surface area contributed by atoms with Gasteiger partial charge in [-0.15, -0.1) is 0 Å². The number of aromatic amines is 1. The van der Waals surface area contributed by atoms with Crippen LogP contribution >= 0.6 is 11.3 Å². The van der Waals surface area contributed by atoms with Crippen LogP contribution in [-0.4, -0.2) is 43.4 Å². The van der Waals surface area contributed by atoms with Crippen molar-refractivity contribution in [2.45, 2.75) is 38.1 Å². The molecule has 0 saturated carbocycles. The van der Waals surface area contributed by atoms with E-state index in [1.807, 2.05) is 6.07 Å². The Morgan fingerprint density at radius 3 is 3.09 bits per heavy atom.